The van der Waals surface area contributed by atoms with Crippen molar-refractivity contribution in [2.75, 3.05) is 19.8 Å². The maximum absolute atomic E-state index is 13.1. The van der Waals surface area contributed by atoms with Crippen molar-refractivity contribution in [3.63, 3.8) is 0 Å². The van der Waals surface area contributed by atoms with Gasteiger partial charge in [0.2, 0.25) is 5.91 Å². The Kier molecular flexibility index (Phi) is 60.5. The number of nitrogens with one attached hydrogen (secondary N) is 1. The van der Waals surface area contributed by atoms with Gasteiger partial charge in [-0.2, -0.15) is 0 Å². The fraction of sp³-hybridized carbons (Fsp3) is 0.840. The lowest BCUT2D eigenvalue weighted by Crippen LogP contribution is -2.60. The lowest BCUT2D eigenvalue weighted by atomic mass is 9.99. The summed E-state index contributed by atoms with van der Waals surface area (Å²) in [7, 11) is 0. The Labute approximate surface area is 528 Å². The van der Waals surface area contributed by atoms with E-state index in [2.05, 4.69) is 67.8 Å². The first-order chi connectivity index (χ1) is 42.2. The summed E-state index contributed by atoms with van der Waals surface area (Å²) < 4.78 is 16.7. The zero-order valence-electron chi connectivity index (χ0n) is 55.8. The van der Waals surface area contributed by atoms with Gasteiger partial charge in [-0.05, 0) is 103 Å². The maximum Gasteiger partial charge on any atom is 0.305 e. The largest absolute Gasteiger partial charge is 0.466 e. The van der Waals surface area contributed by atoms with Crippen LogP contribution in [0.1, 0.15) is 341 Å². The number of aliphatic hydroxyl groups excluding tert-OH is 5. The Balaban J connectivity index is 1.97. The van der Waals surface area contributed by atoms with E-state index in [1.165, 1.54) is 250 Å². The molecule has 0 aliphatic carbocycles. The highest BCUT2D eigenvalue weighted by atomic mass is 16.7. The molecule has 0 radical (unpaired) electrons. The van der Waals surface area contributed by atoms with E-state index >= 15 is 0 Å². The van der Waals surface area contributed by atoms with E-state index in [-0.39, 0.29) is 18.5 Å². The standard InChI is InChI=1S/C75H137NO10/c1-3-5-7-9-11-13-15-38-41-45-49-53-57-61-68(78)67(66-85-75-74(83)73(82)72(81)69(65-77)86-75)76-70(79)62-58-54-50-46-42-39-36-34-32-30-28-26-24-22-20-18-17-19-21-23-25-27-29-31-33-35-37-40-44-48-52-56-60-64-84-71(80)63-59-55-51-47-43-16-14-12-10-8-6-4-2/h12,14,21,23,27,29,41,45,57,61,67-69,72-75,77-78,81-83H,3-11,13,15-20,22,24-26,28,30-40,42-44,46-56,58-60,62-66H2,1-2H3,(H,76,79)/b14-12-,23-21-,29-27-,45-41+,61-57+. The molecular weight excluding hydrogens is 1070 g/mol. The van der Waals surface area contributed by atoms with E-state index in [1.807, 2.05) is 6.08 Å². The number of carbonyl (C=O) groups excluding carboxylic acids is 2. The van der Waals surface area contributed by atoms with Crippen molar-refractivity contribution in [1.29, 1.82) is 0 Å². The van der Waals surface area contributed by atoms with Crippen LogP contribution in [-0.2, 0) is 23.8 Å². The van der Waals surface area contributed by atoms with Crippen molar-refractivity contribution in [2.24, 2.45) is 0 Å². The molecular formula is C75H137NO10. The second kappa shape index (κ2) is 63.9. The van der Waals surface area contributed by atoms with Crippen LogP contribution in [0.25, 0.3) is 0 Å². The Bertz CT molecular complexity index is 1610. The van der Waals surface area contributed by atoms with Crippen LogP contribution in [0.15, 0.2) is 60.8 Å². The molecule has 1 amide bonds. The first-order valence-electron chi connectivity index (χ1n) is 36.6. The second-order valence-electron chi connectivity index (χ2n) is 25.3. The van der Waals surface area contributed by atoms with Crippen molar-refractivity contribution < 1.29 is 49.3 Å². The van der Waals surface area contributed by atoms with Crippen molar-refractivity contribution in [2.45, 2.75) is 384 Å². The van der Waals surface area contributed by atoms with E-state index in [0.29, 0.717) is 19.4 Å². The number of esters is 1. The van der Waals surface area contributed by atoms with Gasteiger partial charge in [0.05, 0.1) is 32.0 Å². The summed E-state index contributed by atoms with van der Waals surface area (Å²) in [6, 6.07) is -0.827. The number of aliphatic hydroxyl groups is 5. The van der Waals surface area contributed by atoms with Gasteiger partial charge < -0.3 is 45.1 Å². The van der Waals surface area contributed by atoms with Crippen LogP contribution in [0.3, 0.4) is 0 Å². The lowest BCUT2D eigenvalue weighted by molar-refractivity contribution is -0.302. The maximum atomic E-state index is 13.1. The number of amides is 1. The number of rotatable bonds is 64. The SMILES string of the molecule is CCCCC/C=C\CCCCCCCC(=O)OCCCCCCCCCCC/C=C\C/C=C\CCCCCCCCCCCCCCCCCCCC(=O)NC(COC1OC(CO)C(O)C(O)C1O)C(O)/C=C/CC/C=C/CCCCCCCCC. The number of allylic oxidation sites excluding steroid dienone is 9. The molecule has 6 N–H and O–H groups in total. The zero-order valence-corrected chi connectivity index (χ0v) is 55.8. The van der Waals surface area contributed by atoms with Crippen LogP contribution in [0.2, 0.25) is 0 Å². The molecule has 7 atom stereocenters. The van der Waals surface area contributed by atoms with E-state index in [0.717, 1.165) is 64.2 Å². The van der Waals surface area contributed by atoms with Crippen molar-refractivity contribution in [3.05, 3.63) is 60.8 Å². The first-order valence-corrected chi connectivity index (χ1v) is 36.6. The average Bonchev–Trinajstić information content (AvgIpc) is 2.77. The van der Waals surface area contributed by atoms with Crippen LogP contribution < -0.4 is 5.32 Å². The van der Waals surface area contributed by atoms with Gasteiger partial charge in [-0.1, -0.05) is 286 Å². The van der Waals surface area contributed by atoms with Gasteiger partial charge in [-0.25, -0.2) is 0 Å². The molecule has 1 saturated heterocycles. The molecule has 0 aromatic rings. The molecule has 7 unspecified atom stereocenters. The van der Waals surface area contributed by atoms with Gasteiger partial charge in [-0.15, -0.1) is 0 Å². The molecule has 502 valence electrons. The Morgan fingerprint density at radius 1 is 0.430 bits per heavy atom. The fourth-order valence-electron chi connectivity index (χ4n) is 11.3. The predicted molar refractivity (Wildman–Crippen MR) is 361 cm³/mol. The summed E-state index contributed by atoms with van der Waals surface area (Å²) in [5.41, 5.74) is 0. The Hall–Kier alpha value is -2.64. The highest BCUT2D eigenvalue weighted by molar-refractivity contribution is 5.76. The highest BCUT2D eigenvalue weighted by Gasteiger charge is 2.44. The summed E-state index contributed by atoms with van der Waals surface area (Å²) in [6.45, 7) is 4.32. The van der Waals surface area contributed by atoms with Crippen molar-refractivity contribution >= 4 is 11.9 Å². The Morgan fingerprint density at radius 2 is 0.791 bits per heavy atom. The normalized spacial score (nSPS) is 18.2. The van der Waals surface area contributed by atoms with Gasteiger partial charge in [0.1, 0.15) is 24.4 Å². The first kappa shape index (κ1) is 81.4. The van der Waals surface area contributed by atoms with Crippen LogP contribution in [0.4, 0.5) is 0 Å². The van der Waals surface area contributed by atoms with E-state index in [9.17, 15) is 35.1 Å². The molecule has 1 rings (SSSR count). The minimum atomic E-state index is -1.58. The lowest BCUT2D eigenvalue weighted by Gasteiger charge is -2.40. The summed E-state index contributed by atoms with van der Waals surface area (Å²) in [4.78, 5) is 25.1. The Morgan fingerprint density at radius 3 is 1.24 bits per heavy atom. The molecule has 0 bridgehead atoms. The molecule has 0 aromatic carbocycles. The van der Waals surface area contributed by atoms with E-state index in [4.69, 9.17) is 14.2 Å². The van der Waals surface area contributed by atoms with Gasteiger partial charge >= 0.3 is 5.97 Å². The summed E-state index contributed by atoms with van der Waals surface area (Å²) >= 11 is 0. The van der Waals surface area contributed by atoms with Crippen LogP contribution >= 0.6 is 0 Å². The third-order valence-corrected chi connectivity index (χ3v) is 17.1. The van der Waals surface area contributed by atoms with Gasteiger partial charge in [0, 0.05) is 12.8 Å². The minimum Gasteiger partial charge on any atom is -0.466 e. The summed E-state index contributed by atoms with van der Waals surface area (Å²) in [6.07, 6.45) is 75.1. The van der Waals surface area contributed by atoms with Crippen molar-refractivity contribution in [1.82, 2.24) is 5.32 Å². The number of hydrogen-bond donors (Lipinski definition) is 6. The third-order valence-electron chi connectivity index (χ3n) is 17.1. The predicted octanol–water partition coefficient (Wildman–Crippen LogP) is 18.9. The third kappa shape index (κ3) is 52.2. The molecule has 86 heavy (non-hydrogen) atoms. The van der Waals surface area contributed by atoms with Crippen molar-refractivity contribution in [3.8, 4) is 0 Å². The molecule has 0 spiro atoms. The van der Waals surface area contributed by atoms with Crippen LogP contribution in [-0.4, -0.2) is 100 Å². The minimum absolute atomic E-state index is 0.00362. The highest BCUT2D eigenvalue weighted by Crippen LogP contribution is 2.23. The molecule has 11 nitrogen and oxygen atoms in total. The molecule has 1 aliphatic rings. The van der Waals surface area contributed by atoms with Gasteiger partial charge in [0.25, 0.3) is 0 Å². The molecule has 1 aliphatic heterocycles. The van der Waals surface area contributed by atoms with E-state index in [1.54, 1.807) is 6.08 Å². The number of carbonyl (C=O) groups is 2. The average molecular weight is 1210 g/mol. The second-order valence-corrected chi connectivity index (χ2v) is 25.3. The smallest absolute Gasteiger partial charge is 0.305 e. The summed E-state index contributed by atoms with van der Waals surface area (Å²) in [5, 5.41) is 54.5. The topological polar surface area (TPSA) is 175 Å². The van der Waals surface area contributed by atoms with Gasteiger partial charge in [-0.3, -0.25) is 9.59 Å². The monoisotopic (exact) mass is 1210 g/mol. The molecule has 1 fully saturated rings. The number of hydrogen-bond acceptors (Lipinski definition) is 10. The van der Waals surface area contributed by atoms with E-state index < -0.39 is 49.5 Å². The fourth-order valence-corrected chi connectivity index (χ4v) is 11.3. The quantitative estimate of drug-likeness (QED) is 0.0195. The molecule has 0 saturated carbocycles. The van der Waals surface area contributed by atoms with Gasteiger partial charge in [0.15, 0.2) is 6.29 Å². The molecule has 11 heteroatoms. The number of unbranched alkanes of at least 4 members (excludes halogenated alkanes) is 42. The molecule has 0 aromatic heterocycles. The zero-order chi connectivity index (χ0) is 62.3. The van der Waals surface area contributed by atoms with Crippen LogP contribution in [0.5, 0.6) is 0 Å². The van der Waals surface area contributed by atoms with Crippen LogP contribution in [0, 0.1) is 0 Å². The summed E-state index contributed by atoms with van der Waals surface area (Å²) in [5.74, 6) is -0.193. The number of ether oxygens (including phenoxy) is 3. The molecule has 1 heterocycles.